The number of likely N-dealkylation sites (N-methyl/N-ethyl adjacent to an activating group) is 7. The van der Waals surface area contributed by atoms with Crippen LogP contribution in [0.1, 0.15) is 183 Å². The Morgan fingerprint density at radius 2 is 1.23 bits per heavy atom. The van der Waals surface area contributed by atoms with Crippen LogP contribution in [-0.2, 0) is 62.3 Å². The molecular weight excluding hydrogens is 1320 g/mol. The molecule has 7 fully saturated rings. The number of hydrogen-bond donors (Lipinski definition) is 3. The molecule has 0 aromatic heterocycles. The van der Waals surface area contributed by atoms with Gasteiger partial charge in [-0.05, 0) is 113 Å². The first-order valence-electron chi connectivity index (χ1n) is 36.6. The van der Waals surface area contributed by atoms with Crippen LogP contribution < -0.4 is 16.0 Å². The number of rotatable bonds is 11. The number of fused-ring (bicyclic) bond motifs is 3. The molecule has 7 aliphatic rings. The molecule has 3 saturated carbocycles. The quantitative estimate of drug-likeness (QED) is 0.232. The average molecular weight is 1440 g/mol. The van der Waals surface area contributed by atoms with Gasteiger partial charge in [0.25, 0.3) is 0 Å². The number of nitrogens with one attached hydrogen (secondary N) is 3. The fraction of sp³-hybridized carbons (Fsp3) is 0.831. The van der Waals surface area contributed by atoms with Gasteiger partial charge in [-0.25, -0.2) is 0 Å². The summed E-state index contributed by atoms with van der Waals surface area (Å²) < 4.78 is 47.8. The van der Waals surface area contributed by atoms with Crippen molar-refractivity contribution >= 4 is 82.5 Å². The van der Waals surface area contributed by atoms with E-state index < -0.39 is 174 Å². The van der Waals surface area contributed by atoms with Gasteiger partial charge < -0.3 is 64.8 Å². The molecule has 564 valence electrons. The molecule has 5 unspecified atom stereocenters. The zero-order valence-corrected chi connectivity index (χ0v) is 62.1. The molecule has 0 aromatic carbocycles. The molecule has 25 nitrogen and oxygen atoms in total. The Morgan fingerprint density at radius 1 is 0.620 bits per heavy atom. The van der Waals surface area contributed by atoms with Crippen LogP contribution in [0.5, 0.6) is 0 Å². The van der Waals surface area contributed by atoms with Crippen molar-refractivity contribution in [3.8, 4) is 0 Å². The summed E-state index contributed by atoms with van der Waals surface area (Å²) in [7, 11) is 9.92. The van der Waals surface area contributed by atoms with Crippen LogP contribution >= 0.6 is 11.6 Å². The van der Waals surface area contributed by atoms with Crippen LogP contribution in [0.3, 0.4) is 0 Å². The van der Waals surface area contributed by atoms with Crippen LogP contribution in [0.15, 0.2) is 0 Å². The van der Waals surface area contributed by atoms with Crippen molar-refractivity contribution in [3.63, 3.8) is 0 Å². The number of morpholine rings is 1. The SMILES string of the molecule is CC[C@H](C)[C@@H]1NC(=O)[C@H](CC(C)C)N(C)C(=O)C[C@@H](C(=O)N2C3CCC2COC3)N(C)C(=O)[C@H](C(C)C)N(C)C(=O)C2(CCCC2)NC(=O)[C@@H]2CCCN2C(=O)[C@H](CCC2CCC(C(F)(F)F)C(Cl)C2)NC(=O)CN(C)C(=O)[C@H](CC2CCCCC2)N(C)C(=O)CN(C)C(=O)CN(C)C1=O. The highest BCUT2D eigenvalue weighted by Gasteiger charge is 2.53. The van der Waals surface area contributed by atoms with E-state index in [0.29, 0.717) is 38.5 Å². The fourth-order valence-electron chi connectivity index (χ4n) is 16.4. The van der Waals surface area contributed by atoms with E-state index in [1.165, 1.54) is 73.8 Å². The number of ether oxygens (including phenoxy) is 1. The van der Waals surface area contributed by atoms with E-state index in [0.717, 1.165) is 46.8 Å². The lowest BCUT2D eigenvalue weighted by Crippen LogP contribution is -2.65. The second-order valence-corrected chi connectivity index (χ2v) is 31.4. The predicted molar refractivity (Wildman–Crippen MR) is 367 cm³/mol. The second-order valence-electron chi connectivity index (χ2n) is 30.9. The Kier molecular flexibility index (Phi) is 28.5. The standard InChI is InChI=1S/C71H114ClF3N12O13/c1-14-44(6)60-67(97)81(9)38-58(90)79(7)39-59(91)83(11)54(35-45-21-16-15-17-22-45)65(95)80(8)37-56(88)76-51(29-25-46-24-28-49(50(72)34-46)71(73,74)75)64(94)86-32-20-23-52(86)63(93)78-70(30-18-19-31-70)69(99)85(13)61(43(4)5)68(98)84(12)55(66(96)87-47-26-27-48(87)41-100-40-47)36-57(89)82(10)53(33-42(2)3)62(92)77-60/h42-55,60-61H,14-41H2,1-13H3,(H,76,88)(H,77,92)(H,78,93)/t44-,46?,47?,48?,49?,50?,51-,52-,53-,54-,55-,60-,61-/m0/s1. The molecule has 0 radical (unpaired) electrons. The predicted octanol–water partition coefficient (Wildman–Crippen LogP) is 4.94. The lowest BCUT2D eigenvalue weighted by Gasteiger charge is -2.43. The summed E-state index contributed by atoms with van der Waals surface area (Å²) >= 11 is 6.40. The van der Waals surface area contributed by atoms with Crippen LogP contribution in [0.4, 0.5) is 13.2 Å². The summed E-state index contributed by atoms with van der Waals surface area (Å²) in [4.78, 5) is 191. The average Bonchev–Trinajstić information content (AvgIpc) is 1.53. The number of hydrogen-bond acceptors (Lipinski definition) is 13. The van der Waals surface area contributed by atoms with Gasteiger partial charge in [-0.15, -0.1) is 11.6 Å². The summed E-state index contributed by atoms with van der Waals surface area (Å²) in [6, 6.07) is -9.45. The minimum Gasteiger partial charge on any atom is -0.377 e. The van der Waals surface area contributed by atoms with Crippen molar-refractivity contribution in [2.75, 3.05) is 88.7 Å². The number of carbonyl (C=O) groups excluding carboxylic acids is 12. The Balaban J connectivity index is 1.26. The van der Waals surface area contributed by atoms with E-state index in [2.05, 4.69) is 16.0 Å². The molecule has 100 heavy (non-hydrogen) atoms. The van der Waals surface area contributed by atoms with Gasteiger partial charge >= 0.3 is 6.18 Å². The van der Waals surface area contributed by atoms with Crippen molar-refractivity contribution in [1.29, 1.82) is 0 Å². The molecule has 4 aliphatic heterocycles. The summed E-state index contributed by atoms with van der Waals surface area (Å²) in [5.41, 5.74) is -1.58. The van der Waals surface area contributed by atoms with Gasteiger partial charge in [0.1, 0.15) is 47.8 Å². The van der Waals surface area contributed by atoms with Gasteiger partial charge in [-0.2, -0.15) is 13.2 Å². The van der Waals surface area contributed by atoms with Crippen LogP contribution in [0.2, 0.25) is 0 Å². The van der Waals surface area contributed by atoms with Gasteiger partial charge in [-0.1, -0.05) is 92.9 Å². The molecule has 29 heteroatoms. The highest BCUT2D eigenvalue weighted by molar-refractivity contribution is 6.21. The Bertz CT molecular complexity index is 2930. The highest BCUT2D eigenvalue weighted by Crippen LogP contribution is 2.44. The Labute approximate surface area is 594 Å². The maximum atomic E-state index is 15.5. The molecule has 13 atom stereocenters. The highest BCUT2D eigenvalue weighted by atomic mass is 35.5. The van der Waals surface area contributed by atoms with E-state index in [1.54, 1.807) is 25.7 Å². The normalized spacial score (nSPS) is 31.0. The number of nitrogens with zero attached hydrogens (tertiary/aromatic N) is 9. The van der Waals surface area contributed by atoms with Gasteiger partial charge in [-0.3, -0.25) is 57.5 Å². The first-order chi connectivity index (χ1) is 47.0. The largest absolute Gasteiger partial charge is 0.393 e. The number of carbonyl (C=O) groups is 12. The van der Waals surface area contributed by atoms with Gasteiger partial charge in [0, 0.05) is 61.3 Å². The molecule has 7 rings (SSSR count). The number of amides is 12. The summed E-state index contributed by atoms with van der Waals surface area (Å²) in [6.45, 7) is 9.69. The summed E-state index contributed by atoms with van der Waals surface area (Å²) in [6.07, 6.45) is 3.14. The molecule has 2 bridgehead atoms. The molecule has 1 spiro atoms. The monoisotopic (exact) mass is 1430 g/mol. The van der Waals surface area contributed by atoms with Crippen molar-refractivity contribution in [2.24, 2.45) is 35.5 Å². The zero-order valence-electron chi connectivity index (χ0n) is 61.4. The van der Waals surface area contributed by atoms with E-state index in [9.17, 15) is 41.9 Å². The third-order valence-electron chi connectivity index (χ3n) is 22.8. The number of halogens is 4. The van der Waals surface area contributed by atoms with Crippen molar-refractivity contribution in [3.05, 3.63) is 0 Å². The maximum absolute atomic E-state index is 15.5. The minimum atomic E-state index is -4.51. The molecule has 3 N–H and O–H groups in total. The molecule has 12 amide bonds. The molecule has 3 aliphatic carbocycles. The topological polar surface area (TPSA) is 279 Å². The first-order valence-corrected chi connectivity index (χ1v) is 37.1. The van der Waals surface area contributed by atoms with Gasteiger partial charge in [0.15, 0.2) is 0 Å². The summed E-state index contributed by atoms with van der Waals surface area (Å²) in [5, 5.41) is 7.55. The van der Waals surface area contributed by atoms with Crippen molar-refractivity contribution < 1.29 is 75.4 Å². The lowest BCUT2D eigenvalue weighted by atomic mass is 9.78. The fourth-order valence-corrected chi connectivity index (χ4v) is 16.9. The minimum absolute atomic E-state index is 0.00409. The third kappa shape index (κ3) is 19.5. The van der Waals surface area contributed by atoms with Crippen LogP contribution in [0.25, 0.3) is 0 Å². The Morgan fingerprint density at radius 3 is 1.82 bits per heavy atom. The molecule has 0 aromatic rings. The van der Waals surface area contributed by atoms with Crippen LogP contribution in [-0.4, -0.2) is 275 Å². The Hall–Kier alpha value is -6.32. The first kappa shape index (κ1) is 81.0. The van der Waals surface area contributed by atoms with E-state index >= 15 is 28.8 Å². The zero-order chi connectivity index (χ0) is 74.0. The van der Waals surface area contributed by atoms with Crippen molar-refractivity contribution in [2.45, 2.75) is 254 Å². The molecular formula is C71H114ClF3N12O13. The molecule has 4 heterocycles. The van der Waals surface area contributed by atoms with Crippen molar-refractivity contribution in [1.82, 2.24) is 60.0 Å². The number of alkyl halides is 4. The van der Waals surface area contributed by atoms with Gasteiger partial charge in [0.2, 0.25) is 70.9 Å². The maximum Gasteiger partial charge on any atom is 0.393 e. The third-order valence-corrected chi connectivity index (χ3v) is 23.3. The second kappa shape index (κ2) is 35.2. The van der Waals surface area contributed by atoms with Gasteiger partial charge in [0.05, 0.1) is 57.3 Å². The summed E-state index contributed by atoms with van der Waals surface area (Å²) in [5.74, 6) is -11.1. The van der Waals surface area contributed by atoms with Crippen LogP contribution in [0, 0.1) is 35.5 Å². The van der Waals surface area contributed by atoms with E-state index in [4.69, 9.17) is 16.3 Å². The lowest BCUT2D eigenvalue weighted by molar-refractivity contribution is -0.182. The van der Waals surface area contributed by atoms with E-state index in [1.807, 2.05) is 20.8 Å². The van der Waals surface area contributed by atoms with E-state index in [-0.39, 0.29) is 114 Å². The molecule has 4 saturated heterocycles. The smallest absolute Gasteiger partial charge is 0.377 e.